The van der Waals surface area contributed by atoms with Crippen molar-refractivity contribution in [2.45, 2.75) is 6.18 Å². The van der Waals surface area contributed by atoms with Crippen LogP contribution in [0.5, 0.6) is 0 Å². The SMILES string of the molecule is CN/N=C/c1cccc(-c2cc(C(F)(F)F)cc(N(C)C)n2)c1. The molecular formula is C16H17F3N4. The Hall–Kier alpha value is -2.57. The zero-order chi connectivity index (χ0) is 17.0. The number of hydrogen-bond acceptors (Lipinski definition) is 4. The van der Waals surface area contributed by atoms with E-state index in [-0.39, 0.29) is 11.5 Å². The lowest BCUT2D eigenvalue weighted by molar-refractivity contribution is -0.137. The van der Waals surface area contributed by atoms with Crippen molar-refractivity contribution in [3.05, 3.63) is 47.5 Å². The minimum absolute atomic E-state index is 0.254. The van der Waals surface area contributed by atoms with Crippen molar-refractivity contribution in [3.8, 4) is 11.3 Å². The number of alkyl halides is 3. The first-order valence-corrected chi connectivity index (χ1v) is 6.88. The van der Waals surface area contributed by atoms with Gasteiger partial charge < -0.3 is 10.3 Å². The third-order valence-corrected chi connectivity index (χ3v) is 3.12. The topological polar surface area (TPSA) is 40.5 Å². The molecule has 0 fully saturated rings. The zero-order valence-corrected chi connectivity index (χ0v) is 13.0. The third kappa shape index (κ3) is 4.21. The molecule has 2 aromatic rings. The van der Waals surface area contributed by atoms with Crippen molar-refractivity contribution < 1.29 is 13.2 Å². The Labute approximate surface area is 132 Å². The molecule has 0 saturated carbocycles. The molecule has 1 aromatic heterocycles. The largest absolute Gasteiger partial charge is 0.416 e. The number of hydrogen-bond donors (Lipinski definition) is 1. The van der Waals surface area contributed by atoms with E-state index in [9.17, 15) is 13.2 Å². The lowest BCUT2D eigenvalue weighted by atomic mass is 10.1. The number of rotatable bonds is 4. The number of pyridine rings is 1. The monoisotopic (exact) mass is 322 g/mol. The van der Waals surface area contributed by atoms with E-state index in [1.54, 1.807) is 50.5 Å². The van der Waals surface area contributed by atoms with Crippen molar-refractivity contribution in [1.29, 1.82) is 0 Å². The maximum absolute atomic E-state index is 13.1. The molecule has 1 N–H and O–H groups in total. The molecule has 0 aliphatic rings. The summed E-state index contributed by atoms with van der Waals surface area (Å²) in [6.45, 7) is 0. The normalized spacial score (nSPS) is 11.7. The summed E-state index contributed by atoms with van der Waals surface area (Å²) < 4.78 is 39.3. The van der Waals surface area contributed by atoms with Gasteiger partial charge in [-0.05, 0) is 23.8 Å². The molecule has 7 heteroatoms. The Morgan fingerprint density at radius 2 is 1.91 bits per heavy atom. The summed E-state index contributed by atoms with van der Waals surface area (Å²) in [4.78, 5) is 5.85. The van der Waals surface area contributed by atoms with Crippen molar-refractivity contribution in [1.82, 2.24) is 10.4 Å². The zero-order valence-electron chi connectivity index (χ0n) is 13.0. The third-order valence-electron chi connectivity index (χ3n) is 3.12. The molecule has 1 heterocycles. The van der Waals surface area contributed by atoms with Crippen LogP contribution in [0.2, 0.25) is 0 Å². The summed E-state index contributed by atoms with van der Waals surface area (Å²) in [5.74, 6) is 0.254. The summed E-state index contributed by atoms with van der Waals surface area (Å²) >= 11 is 0. The summed E-state index contributed by atoms with van der Waals surface area (Å²) in [6.07, 6.45) is -2.84. The minimum atomic E-state index is -4.42. The van der Waals surface area contributed by atoms with E-state index in [0.29, 0.717) is 5.56 Å². The van der Waals surface area contributed by atoms with Gasteiger partial charge in [-0.2, -0.15) is 18.3 Å². The van der Waals surface area contributed by atoms with Crippen LogP contribution in [-0.4, -0.2) is 32.3 Å². The van der Waals surface area contributed by atoms with Crippen LogP contribution in [0.3, 0.4) is 0 Å². The van der Waals surface area contributed by atoms with Gasteiger partial charge in [0.25, 0.3) is 0 Å². The highest BCUT2D eigenvalue weighted by atomic mass is 19.4. The fraction of sp³-hybridized carbons (Fsp3) is 0.250. The van der Waals surface area contributed by atoms with Crippen LogP contribution in [0, 0.1) is 0 Å². The predicted molar refractivity (Wildman–Crippen MR) is 85.7 cm³/mol. The highest BCUT2D eigenvalue weighted by molar-refractivity contribution is 5.82. The highest BCUT2D eigenvalue weighted by Crippen LogP contribution is 2.33. The lowest BCUT2D eigenvalue weighted by Crippen LogP contribution is -2.14. The number of aromatic nitrogens is 1. The fourth-order valence-corrected chi connectivity index (χ4v) is 1.97. The van der Waals surface area contributed by atoms with Crippen LogP contribution in [0.4, 0.5) is 19.0 Å². The Kier molecular flexibility index (Phi) is 4.88. The van der Waals surface area contributed by atoms with Gasteiger partial charge in [-0.15, -0.1) is 0 Å². The predicted octanol–water partition coefficient (Wildman–Crippen LogP) is 3.39. The van der Waals surface area contributed by atoms with Crippen molar-refractivity contribution >= 4 is 12.0 Å². The number of nitrogens with one attached hydrogen (secondary N) is 1. The average molecular weight is 322 g/mol. The molecule has 1 aromatic carbocycles. The lowest BCUT2D eigenvalue weighted by Gasteiger charge is -2.16. The van der Waals surface area contributed by atoms with Crippen LogP contribution >= 0.6 is 0 Å². The van der Waals surface area contributed by atoms with Gasteiger partial charge in [-0.1, -0.05) is 18.2 Å². The van der Waals surface area contributed by atoms with Crippen molar-refractivity contribution in [2.24, 2.45) is 5.10 Å². The standard InChI is InChI=1S/C16H17F3N4/c1-20-21-10-11-5-4-6-12(7-11)14-8-13(16(17,18)19)9-15(22-14)23(2)3/h4-10,20H,1-3H3/b21-10+. The molecule has 0 bridgehead atoms. The molecule has 0 unspecified atom stereocenters. The van der Waals surface area contributed by atoms with Gasteiger partial charge in [0, 0.05) is 26.7 Å². The van der Waals surface area contributed by atoms with E-state index in [0.717, 1.165) is 17.7 Å². The molecule has 122 valence electrons. The molecule has 4 nitrogen and oxygen atoms in total. The minimum Gasteiger partial charge on any atom is -0.363 e. The Balaban J connectivity index is 2.54. The van der Waals surface area contributed by atoms with Crippen LogP contribution in [0.1, 0.15) is 11.1 Å². The highest BCUT2D eigenvalue weighted by Gasteiger charge is 2.32. The molecule has 0 amide bonds. The number of benzene rings is 1. The number of halogens is 3. The van der Waals surface area contributed by atoms with E-state index in [1.165, 1.54) is 0 Å². The van der Waals surface area contributed by atoms with Gasteiger partial charge in [-0.25, -0.2) is 4.98 Å². The molecule has 0 radical (unpaired) electrons. The van der Waals surface area contributed by atoms with E-state index in [1.807, 2.05) is 6.07 Å². The van der Waals surface area contributed by atoms with Gasteiger partial charge >= 0.3 is 6.18 Å². The second kappa shape index (κ2) is 6.68. The van der Waals surface area contributed by atoms with E-state index >= 15 is 0 Å². The first-order chi connectivity index (χ1) is 10.8. The number of hydrazone groups is 1. The number of nitrogens with zero attached hydrogens (tertiary/aromatic N) is 3. The summed E-state index contributed by atoms with van der Waals surface area (Å²) in [6, 6.07) is 9.12. The first kappa shape index (κ1) is 16.8. The molecule has 0 spiro atoms. The maximum Gasteiger partial charge on any atom is 0.416 e. The van der Waals surface area contributed by atoms with E-state index in [4.69, 9.17) is 0 Å². The van der Waals surface area contributed by atoms with Gasteiger partial charge in [0.1, 0.15) is 5.82 Å². The Morgan fingerprint density at radius 3 is 2.52 bits per heavy atom. The van der Waals surface area contributed by atoms with E-state index < -0.39 is 11.7 Å². The van der Waals surface area contributed by atoms with Crippen LogP contribution in [0.25, 0.3) is 11.3 Å². The second-order valence-corrected chi connectivity index (χ2v) is 5.10. The maximum atomic E-state index is 13.1. The van der Waals surface area contributed by atoms with Crippen LogP contribution in [-0.2, 0) is 6.18 Å². The van der Waals surface area contributed by atoms with Gasteiger partial charge in [0.2, 0.25) is 0 Å². The van der Waals surface area contributed by atoms with Crippen LogP contribution in [0.15, 0.2) is 41.5 Å². The smallest absolute Gasteiger partial charge is 0.363 e. The van der Waals surface area contributed by atoms with Gasteiger partial charge in [-0.3, -0.25) is 0 Å². The molecule has 0 aliphatic heterocycles. The first-order valence-electron chi connectivity index (χ1n) is 6.88. The van der Waals surface area contributed by atoms with Crippen molar-refractivity contribution in [3.63, 3.8) is 0 Å². The molecule has 0 aliphatic carbocycles. The number of anilines is 1. The molecule has 23 heavy (non-hydrogen) atoms. The van der Waals surface area contributed by atoms with Gasteiger partial charge in [0.05, 0.1) is 17.5 Å². The fourth-order valence-electron chi connectivity index (χ4n) is 1.97. The molecule has 2 rings (SSSR count). The molecular weight excluding hydrogens is 305 g/mol. The average Bonchev–Trinajstić information content (AvgIpc) is 2.52. The molecule has 0 atom stereocenters. The second-order valence-electron chi connectivity index (χ2n) is 5.10. The summed E-state index contributed by atoms with van der Waals surface area (Å²) in [5, 5.41) is 3.90. The van der Waals surface area contributed by atoms with Crippen LogP contribution < -0.4 is 10.3 Å². The van der Waals surface area contributed by atoms with Gasteiger partial charge in [0.15, 0.2) is 0 Å². The molecule has 0 saturated heterocycles. The quantitative estimate of drug-likeness (QED) is 0.693. The Morgan fingerprint density at radius 1 is 1.17 bits per heavy atom. The Bertz CT molecular complexity index is 709. The summed E-state index contributed by atoms with van der Waals surface area (Å²) in [7, 11) is 4.97. The van der Waals surface area contributed by atoms with Crippen molar-refractivity contribution in [2.75, 3.05) is 26.0 Å². The van der Waals surface area contributed by atoms with E-state index in [2.05, 4.69) is 15.5 Å². The summed E-state index contributed by atoms with van der Waals surface area (Å²) in [5.41, 5.74) is 3.53.